The summed E-state index contributed by atoms with van der Waals surface area (Å²) in [5.41, 5.74) is 3.03. The van der Waals surface area contributed by atoms with Crippen LogP contribution in [0.5, 0.6) is 11.5 Å². The van der Waals surface area contributed by atoms with E-state index < -0.39 is 0 Å². The molecular weight excluding hydrogens is 378 g/mol. The van der Waals surface area contributed by atoms with Crippen LogP contribution in [0, 0.1) is 0 Å². The molecule has 1 amide bonds. The van der Waals surface area contributed by atoms with Gasteiger partial charge in [-0.2, -0.15) is 0 Å². The van der Waals surface area contributed by atoms with Gasteiger partial charge in [0.05, 0.1) is 20.6 Å². The molecule has 1 saturated heterocycles. The first-order chi connectivity index (χ1) is 14.7. The molecule has 0 spiro atoms. The maximum Gasteiger partial charge on any atom is 0.224 e. The van der Waals surface area contributed by atoms with Crippen molar-refractivity contribution in [3.8, 4) is 11.5 Å². The molecule has 2 N–H and O–H groups in total. The lowest BCUT2D eigenvalue weighted by Gasteiger charge is -2.26. The van der Waals surface area contributed by atoms with Crippen LogP contribution in [-0.2, 0) is 17.8 Å². The third-order valence-corrected chi connectivity index (χ3v) is 5.49. The topological polar surface area (TPSA) is 62.8 Å². The van der Waals surface area contributed by atoms with Crippen molar-refractivity contribution in [2.75, 3.05) is 45.7 Å². The van der Waals surface area contributed by atoms with Crippen LogP contribution in [-0.4, -0.2) is 51.2 Å². The second kappa shape index (κ2) is 11.5. The van der Waals surface area contributed by atoms with E-state index in [0.717, 1.165) is 54.5 Å². The molecule has 0 unspecified atom stereocenters. The molecule has 0 atom stereocenters. The number of hydrogen-bond acceptors (Lipinski definition) is 5. The third-order valence-electron chi connectivity index (χ3n) is 5.49. The first-order valence-electron chi connectivity index (χ1n) is 10.7. The predicted molar refractivity (Wildman–Crippen MR) is 120 cm³/mol. The van der Waals surface area contributed by atoms with Crippen LogP contribution in [0.25, 0.3) is 0 Å². The number of nitrogens with one attached hydrogen (secondary N) is 2. The van der Waals surface area contributed by atoms with Gasteiger partial charge in [0.1, 0.15) is 11.5 Å². The number of ether oxygens (including phenoxy) is 2. The Bertz CT molecular complexity index is 802. The number of rotatable bonds is 10. The number of anilines is 1. The monoisotopic (exact) mass is 411 g/mol. The molecule has 30 heavy (non-hydrogen) atoms. The fourth-order valence-corrected chi connectivity index (χ4v) is 3.74. The molecule has 0 radical (unpaired) electrons. The van der Waals surface area contributed by atoms with Gasteiger partial charge >= 0.3 is 0 Å². The molecule has 0 aliphatic carbocycles. The molecule has 2 aromatic rings. The lowest BCUT2D eigenvalue weighted by Crippen LogP contribution is -2.38. The molecule has 1 aliphatic rings. The Kier molecular flexibility index (Phi) is 8.39. The number of carbonyl (C=O) groups is 1. The zero-order valence-electron chi connectivity index (χ0n) is 18.1. The minimum atomic E-state index is 0.0776. The van der Waals surface area contributed by atoms with E-state index in [1.807, 2.05) is 42.5 Å². The molecule has 0 saturated carbocycles. The number of carbonyl (C=O) groups excluding carboxylic acids is 1. The molecule has 162 valence electrons. The first kappa shape index (κ1) is 22.0. The van der Waals surface area contributed by atoms with Crippen molar-refractivity contribution in [3.63, 3.8) is 0 Å². The molecule has 6 nitrogen and oxygen atoms in total. The van der Waals surface area contributed by atoms with Gasteiger partial charge in [-0.3, -0.25) is 4.79 Å². The lowest BCUT2D eigenvalue weighted by atomic mass is 10.1. The van der Waals surface area contributed by atoms with Gasteiger partial charge in [0.15, 0.2) is 0 Å². The summed E-state index contributed by atoms with van der Waals surface area (Å²) in [4.78, 5) is 14.6. The molecule has 0 bridgehead atoms. The largest absolute Gasteiger partial charge is 0.497 e. The number of hydrogen-bond donors (Lipinski definition) is 2. The number of benzene rings is 2. The highest BCUT2D eigenvalue weighted by Gasteiger charge is 2.10. The molecule has 2 aromatic carbocycles. The highest BCUT2D eigenvalue weighted by Crippen LogP contribution is 2.25. The summed E-state index contributed by atoms with van der Waals surface area (Å²) in [5.74, 6) is 1.70. The van der Waals surface area contributed by atoms with Gasteiger partial charge in [0.25, 0.3) is 0 Å². The Balaban J connectivity index is 1.44. The van der Waals surface area contributed by atoms with Gasteiger partial charge in [-0.05, 0) is 61.8 Å². The maximum absolute atomic E-state index is 12.2. The van der Waals surface area contributed by atoms with Crippen molar-refractivity contribution in [3.05, 3.63) is 53.6 Å². The summed E-state index contributed by atoms with van der Waals surface area (Å²) < 4.78 is 10.7. The predicted octanol–water partition coefficient (Wildman–Crippen LogP) is 3.46. The summed E-state index contributed by atoms with van der Waals surface area (Å²) >= 11 is 0. The van der Waals surface area contributed by atoms with Crippen molar-refractivity contribution in [1.82, 2.24) is 10.2 Å². The maximum atomic E-state index is 12.2. The summed E-state index contributed by atoms with van der Waals surface area (Å²) in [6.07, 6.45) is 4.29. The molecule has 1 heterocycles. The Labute approximate surface area is 179 Å². The van der Waals surface area contributed by atoms with Gasteiger partial charge in [0, 0.05) is 30.9 Å². The van der Waals surface area contributed by atoms with Crippen LogP contribution in [0.3, 0.4) is 0 Å². The van der Waals surface area contributed by atoms with Crippen molar-refractivity contribution in [2.24, 2.45) is 0 Å². The molecule has 1 fully saturated rings. The summed E-state index contributed by atoms with van der Waals surface area (Å²) in [6, 6.07) is 13.8. The second-order valence-corrected chi connectivity index (χ2v) is 7.66. The van der Waals surface area contributed by atoms with E-state index in [-0.39, 0.29) is 5.91 Å². The van der Waals surface area contributed by atoms with Gasteiger partial charge < -0.3 is 25.0 Å². The Morgan fingerprint density at radius 2 is 1.77 bits per heavy atom. The molecule has 1 aliphatic heterocycles. The number of likely N-dealkylation sites (tertiary alicyclic amines) is 1. The van der Waals surface area contributed by atoms with Crippen molar-refractivity contribution >= 4 is 11.6 Å². The lowest BCUT2D eigenvalue weighted by molar-refractivity contribution is -0.120. The van der Waals surface area contributed by atoms with Crippen molar-refractivity contribution in [2.45, 2.75) is 32.2 Å². The molecule has 6 heteroatoms. The zero-order chi connectivity index (χ0) is 21.2. The van der Waals surface area contributed by atoms with Crippen LogP contribution in [0.2, 0.25) is 0 Å². The Morgan fingerprint density at radius 1 is 1.00 bits per heavy atom. The van der Waals surface area contributed by atoms with E-state index in [1.54, 1.807) is 14.2 Å². The van der Waals surface area contributed by atoms with Crippen LogP contribution in [0.4, 0.5) is 5.69 Å². The number of methoxy groups -OCH3 is 2. The molecule has 0 aromatic heterocycles. The van der Waals surface area contributed by atoms with Crippen molar-refractivity contribution < 1.29 is 14.3 Å². The fourth-order valence-electron chi connectivity index (χ4n) is 3.74. The summed E-state index contributed by atoms with van der Waals surface area (Å²) in [6.45, 7) is 4.61. The van der Waals surface area contributed by atoms with Gasteiger partial charge in [-0.15, -0.1) is 0 Å². The standard InChI is InChI=1S/C24H33N3O3/c1-29-22-10-11-23(30-2)20(17-22)18-26-21-8-6-19(7-9-21)16-24(28)25-12-15-27-13-4-3-5-14-27/h6-11,17,26H,3-5,12-16,18H2,1-2H3,(H,25,28). The van der Waals surface area contributed by atoms with E-state index >= 15 is 0 Å². The fraction of sp³-hybridized carbons (Fsp3) is 0.458. The molecule has 3 rings (SSSR count). The number of amides is 1. The highest BCUT2D eigenvalue weighted by molar-refractivity contribution is 5.78. The van der Waals surface area contributed by atoms with Gasteiger partial charge in [0.2, 0.25) is 5.91 Å². The Morgan fingerprint density at radius 3 is 2.47 bits per heavy atom. The van der Waals surface area contributed by atoms with Crippen LogP contribution in [0.1, 0.15) is 30.4 Å². The average molecular weight is 412 g/mol. The van der Waals surface area contributed by atoms with Crippen LogP contribution >= 0.6 is 0 Å². The number of piperidine rings is 1. The van der Waals surface area contributed by atoms with E-state index in [1.165, 1.54) is 19.3 Å². The van der Waals surface area contributed by atoms with E-state index in [0.29, 0.717) is 13.0 Å². The summed E-state index contributed by atoms with van der Waals surface area (Å²) in [5, 5.41) is 6.44. The first-order valence-corrected chi connectivity index (χ1v) is 10.7. The Hall–Kier alpha value is -2.73. The van der Waals surface area contributed by atoms with Crippen LogP contribution < -0.4 is 20.1 Å². The van der Waals surface area contributed by atoms with Gasteiger partial charge in [-0.25, -0.2) is 0 Å². The van der Waals surface area contributed by atoms with E-state index in [9.17, 15) is 4.79 Å². The van der Waals surface area contributed by atoms with Crippen molar-refractivity contribution in [1.29, 1.82) is 0 Å². The van der Waals surface area contributed by atoms with E-state index in [4.69, 9.17) is 9.47 Å². The minimum absolute atomic E-state index is 0.0776. The average Bonchev–Trinajstić information content (AvgIpc) is 2.79. The van der Waals surface area contributed by atoms with Gasteiger partial charge in [-0.1, -0.05) is 18.6 Å². The SMILES string of the molecule is COc1ccc(OC)c(CNc2ccc(CC(=O)NCCN3CCCCC3)cc2)c1. The molecular formula is C24H33N3O3. The third kappa shape index (κ3) is 6.66. The smallest absolute Gasteiger partial charge is 0.224 e. The zero-order valence-corrected chi connectivity index (χ0v) is 18.1. The highest BCUT2D eigenvalue weighted by atomic mass is 16.5. The van der Waals surface area contributed by atoms with E-state index in [2.05, 4.69) is 15.5 Å². The second-order valence-electron chi connectivity index (χ2n) is 7.66. The van der Waals surface area contributed by atoms with Crippen LogP contribution in [0.15, 0.2) is 42.5 Å². The minimum Gasteiger partial charge on any atom is -0.497 e. The number of nitrogens with zero attached hydrogens (tertiary/aromatic N) is 1. The quantitative estimate of drug-likeness (QED) is 0.627. The summed E-state index contributed by atoms with van der Waals surface area (Å²) in [7, 11) is 3.32. The normalized spacial score (nSPS) is 14.2.